The van der Waals surface area contributed by atoms with Crippen molar-refractivity contribution in [3.8, 4) is 0 Å². The molecule has 4 heteroatoms. The summed E-state index contributed by atoms with van der Waals surface area (Å²) in [5, 5.41) is 0. The molecule has 0 radical (unpaired) electrons. The van der Waals surface area contributed by atoms with Crippen molar-refractivity contribution in [3.05, 3.63) is 64.1 Å². The van der Waals surface area contributed by atoms with Crippen molar-refractivity contribution < 1.29 is 9.53 Å². The average Bonchev–Trinajstić information content (AvgIpc) is 2.59. The topological polar surface area (TPSA) is 29.5 Å². The van der Waals surface area contributed by atoms with Crippen molar-refractivity contribution in [1.29, 1.82) is 0 Å². The number of anilines is 1. The summed E-state index contributed by atoms with van der Waals surface area (Å²) in [4.78, 5) is 14.7. The van der Waals surface area contributed by atoms with E-state index in [0.29, 0.717) is 12.5 Å². The number of carbonyl (C=O) groups excluding carboxylic acids is 1. The Labute approximate surface area is 151 Å². The Morgan fingerprint density at radius 3 is 2.71 bits per heavy atom. The lowest BCUT2D eigenvalue weighted by molar-refractivity contribution is 0.141. The Morgan fingerprint density at radius 2 is 2.00 bits per heavy atom. The highest BCUT2D eigenvalue weighted by Gasteiger charge is 2.34. The molecule has 24 heavy (non-hydrogen) atoms. The fourth-order valence-corrected chi connectivity index (χ4v) is 3.66. The number of hydrogen-bond donors (Lipinski definition) is 0. The van der Waals surface area contributed by atoms with Crippen LogP contribution >= 0.6 is 15.9 Å². The van der Waals surface area contributed by atoms with Crippen LogP contribution in [0.1, 0.15) is 31.4 Å². The molecule has 1 amide bonds. The maximum Gasteiger partial charge on any atom is 0.414 e. The molecule has 0 saturated carbocycles. The highest BCUT2D eigenvalue weighted by atomic mass is 79.9. The summed E-state index contributed by atoms with van der Waals surface area (Å²) in [6.07, 6.45) is 1.68. The van der Waals surface area contributed by atoms with E-state index in [0.717, 1.165) is 28.6 Å². The molecule has 1 aliphatic heterocycles. The standard InChI is InChI=1S/C20H22BrNO2/c1-14(2)18-10-8-16-12-17(21)9-11-19(16)22(18)20(23)24-13-15-6-4-3-5-7-15/h3-7,9,11-12,14,18H,8,10,13H2,1-2H3. The summed E-state index contributed by atoms with van der Waals surface area (Å²) in [6, 6.07) is 16.1. The van der Waals surface area contributed by atoms with Crippen LogP contribution in [0.15, 0.2) is 53.0 Å². The monoisotopic (exact) mass is 387 g/mol. The van der Waals surface area contributed by atoms with Gasteiger partial charge in [-0.1, -0.05) is 60.1 Å². The lowest BCUT2D eigenvalue weighted by atomic mass is 9.90. The van der Waals surface area contributed by atoms with Gasteiger partial charge in [-0.25, -0.2) is 4.79 Å². The molecule has 2 aromatic carbocycles. The number of ether oxygens (including phenoxy) is 1. The second-order valence-electron chi connectivity index (χ2n) is 6.53. The van der Waals surface area contributed by atoms with Gasteiger partial charge in [-0.15, -0.1) is 0 Å². The molecule has 0 saturated heterocycles. The van der Waals surface area contributed by atoms with Gasteiger partial charge in [0.25, 0.3) is 0 Å². The zero-order valence-corrected chi connectivity index (χ0v) is 15.6. The minimum absolute atomic E-state index is 0.168. The van der Waals surface area contributed by atoms with Gasteiger partial charge in [0.2, 0.25) is 0 Å². The predicted octanol–water partition coefficient (Wildman–Crippen LogP) is 5.56. The van der Waals surface area contributed by atoms with Crippen LogP contribution in [0.2, 0.25) is 0 Å². The molecule has 126 valence electrons. The van der Waals surface area contributed by atoms with E-state index in [1.54, 1.807) is 0 Å². The molecule has 0 fully saturated rings. The number of amides is 1. The lowest BCUT2D eigenvalue weighted by Crippen LogP contribution is -2.46. The molecule has 1 aliphatic rings. The van der Waals surface area contributed by atoms with Gasteiger partial charge in [-0.05, 0) is 48.1 Å². The average molecular weight is 388 g/mol. The predicted molar refractivity (Wildman–Crippen MR) is 100 cm³/mol. The second kappa shape index (κ2) is 7.39. The fraction of sp³-hybridized carbons (Fsp3) is 0.350. The summed E-state index contributed by atoms with van der Waals surface area (Å²) in [5.74, 6) is 0.381. The van der Waals surface area contributed by atoms with Gasteiger partial charge in [0.05, 0.1) is 5.69 Å². The van der Waals surface area contributed by atoms with E-state index in [1.807, 2.05) is 47.4 Å². The minimum Gasteiger partial charge on any atom is -0.444 e. The van der Waals surface area contributed by atoms with E-state index < -0.39 is 0 Å². The Hall–Kier alpha value is -1.81. The Morgan fingerprint density at radius 1 is 1.25 bits per heavy atom. The summed E-state index contributed by atoms with van der Waals surface area (Å²) in [5.41, 5.74) is 3.17. The van der Waals surface area contributed by atoms with Crippen LogP contribution in [0.3, 0.4) is 0 Å². The molecule has 0 spiro atoms. The van der Waals surface area contributed by atoms with Gasteiger partial charge >= 0.3 is 6.09 Å². The number of halogens is 1. The van der Waals surface area contributed by atoms with Crippen LogP contribution in [0.5, 0.6) is 0 Å². The third-order valence-electron chi connectivity index (χ3n) is 4.51. The fourth-order valence-electron chi connectivity index (χ4n) is 3.25. The maximum atomic E-state index is 12.8. The number of benzene rings is 2. The van der Waals surface area contributed by atoms with Crippen molar-refractivity contribution in [2.75, 3.05) is 4.90 Å². The summed E-state index contributed by atoms with van der Waals surface area (Å²) >= 11 is 3.52. The van der Waals surface area contributed by atoms with Gasteiger partial charge in [0.15, 0.2) is 0 Å². The quantitative estimate of drug-likeness (QED) is 0.689. The van der Waals surface area contributed by atoms with Gasteiger partial charge in [-0.3, -0.25) is 4.90 Å². The smallest absolute Gasteiger partial charge is 0.414 e. The first-order valence-corrected chi connectivity index (χ1v) is 9.14. The van der Waals surface area contributed by atoms with Gasteiger partial charge < -0.3 is 4.74 Å². The summed E-state index contributed by atoms with van der Waals surface area (Å²) < 4.78 is 6.65. The van der Waals surface area contributed by atoms with Crippen molar-refractivity contribution in [1.82, 2.24) is 0 Å². The number of aryl methyl sites for hydroxylation is 1. The van der Waals surface area contributed by atoms with Crippen LogP contribution in [-0.2, 0) is 17.8 Å². The van der Waals surface area contributed by atoms with E-state index in [2.05, 4.69) is 35.8 Å². The largest absolute Gasteiger partial charge is 0.444 e. The Balaban J connectivity index is 1.83. The molecule has 1 heterocycles. The lowest BCUT2D eigenvalue weighted by Gasteiger charge is -2.38. The van der Waals surface area contributed by atoms with Crippen LogP contribution in [0, 0.1) is 5.92 Å². The number of nitrogens with zero attached hydrogens (tertiary/aromatic N) is 1. The second-order valence-corrected chi connectivity index (χ2v) is 7.45. The van der Waals surface area contributed by atoms with Gasteiger partial charge in [-0.2, -0.15) is 0 Å². The number of rotatable bonds is 3. The third-order valence-corrected chi connectivity index (χ3v) is 5.01. The first-order chi connectivity index (χ1) is 11.6. The molecule has 1 atom stereocenters. The maximum absolute atomic E-state index is 12.8. The highest BCUT2D eigenvalue weighted by Crippen LogP contribution is 2.35. The van der Waals surface area contributed by atoms with E-state index in [4.69, 9.17) is 4.74 Å². The van der Waals surface area contributed by atoms with Crippen molar-refractivity contribution in [2.24, 2.45) is 5.92 Å². The number of hydrogen-bond acceptors (Lipinski definition) is 2. The summed E-state index contributed by atoms with van der Waals surface area (Å²) in [7, 11) is 0. The van der Waals surface area contributed by atoms with Gasteiger partial charge in [0.1, 0.15) is 6.61 Å². The molecule has 0 aromatic heterocycles. The number of fused-ring (bicyclic) bond motifs is 1. The van der Waals surface area contributed by atoms with E-state index in [-0.39, 0.29) is 12.1 Å². The zero-order valence-electron chi connectivity index (χ0n) is 14.0. The van der Waals surface area contributed by atoms with Crippen LogP contribution in [-0.4, -0.2) is 12.1 Å². The minimum atomic E-state index is -0.263. The molecule has 0 N–H and O–H groups in total. The summed E-state index contributed by atoms with van der Waals surface area (Å²) in [6.45, 7) is 4.62. The molecule has 3 nitrogen and oxygen atoms in total. The zero-order chi connectivity index (χ0) is 17.1. The van der Waals surface area contributed by atoms with Crippen LogP contribution in [0.4, 0.5) is 10.5 Å². The normalized spacial score (nSPS) is 16.8. The molecule has 2 aromatic rings. The third kappa shape index (κ3) is 3.64. The van der Waals surface area contributed by atoms with Crippen molar-refractivity contribution in [2.45, 2.75) is 39.3 Å². The van der Waals surface area contributed by atoms with E-state index >= 15 is 0 Å². The Bertz CT molecular complexity index is 715. The number of carbonyl (C=O) groups is 1. The molecular formula is C20H22BrNO2. The Kier molecular flexibility index (Phi) is 5.24. The molecule has 3 rings (SSSR count). The first kappa shape index (κ1) is 17.0. The van der Waals surface area contributed by atoms with Crippen LogP contribution < -0.4 is 4.90 Å². The molecule has 1 unspecified atom stereocenters. The van der Waals surface area contributed by atoms with E-state index in [9.17, 15) is 4.79 Å². The van der Waals surface area contributed by atoms with Crippen molar-refractivity contribution >= 4 is 27.7 Å². The SMILES string of the molecule is CC(C)C1CCc2cc(Br)ccc2N1C(=O)OCc1ccccc1. The molecule has 0 bridgehead atoms. The molecular weight excluding hydrogens is 366 g/mol. The highest BCUT2D eigenvalue weighted by molar-refractivity contribution is 9.10. The van der Waals surface area contributed by atoms with Crippen molar-refractivity contribution in [3.63, 3.8) is 0 Å². The van der Waals surface area contributed by atoms with Gasteiger partial charge in [0, 0.05) is 10.5 Å². The molecule has 0 aliphatic carbocycles. The van der Waals surface area contributed by atoms with E-state index in [1.165, 1.54) is 5.56 Å². The van der Waals surface area contributed by atoms with Crippen LogP contribution in [0.25, 0.3) is 0 Å². The first-order valence-electron chi connectivity index (χ1n) is 8.34.